The van der Waals surface area contributed by atoms with E-state index >= 15 is 0 Å². The van der Waals surface area contributed by atoms with Gasteiger partial charge in [-0.1, -0.05) is 12.1 Å². The topological polar surface area (TPSA) is 249 Å². The number of hydrogen-bond acceptors (Lipinski definition) is 13. The summed E-state index contributed by atoms with van der Waals surface area (Å²) in [5.41, 5.74) is -0.661. The lowest BCUT2D eigenvalue weighted by Gasteiger charge is -2.27. The van der Waals surface area contributed by atoms with Gasteiger partial charge in [0.1, 0.15) is 29.2 Å². The van der Waals surface area contributed by atoms with Crippen molar-refractivity contribution in [3.05, 3.63) is 58.7 Å². The number of esters is 1. The molecule has 52 heavy (non-hydrogen) atoms. The van der Waals surface area contributed by atoms with Gasteiger partial charge in [-0.05, 0) is 57.9 Å². The SMILES string of the molecule is CC(C)(C)OC(=O)COc1cccc2c1C(=O)N(C1CCC(=O)NC1=O)C2=O.O=C(O)COc1cccc2c1C(=O)N(C1CCC(=O)NC1=O)C2=O. The van der Waals surface area contributed by atoms with Crippen LogP contribution < -0.4 is 20.1 Å². The standard InChI is InChI=1S/C19H20N2O7.C15H12N2O7/c1-19(2,3)28-14(23)9-27-12-6-4-5-10-15(12)18(26)21(17(10)25)11-7-8-13(22)20-16(11)24;18-10-5-4-8(13(21)16-10)17-14(22)7-2-1-3-9(12(7)15(17)23)24-6-11(19)20/h4-6,11H,7-9H2,1-3H3,(H,20,22,24);1-3,8H,4-6H2,(H,19,20)(H,16,18,21). The smallest absolute Gasteiger partial charge is 0.344 e. The molecule has 4 aliphatic heterocycles. The number of fused-ring (bicyclic) bond motifs is 2. The lowest BCUT2D eigenvalue weighted by Crippen LogP contribution is -2.54. The fourth-order valence-corrected chi connectivity index (χ4v) is 5.86. The van der Waals surface area contributed by atoms with Crippen LogP contribution in [0.3, 0.4) is 0 Å². The van der Waals surface area contributed by atoms with E-state index in [9.17, 15) is 47.9 Å². The number of nitrogens with one attached hydrogen (secondary N) is 2. The van der Waals surface area contributed by atoms with Crippen LogP contribution in [0.2, 0.25) is 0 Å². The van der Waals surface area contributed by atoms with Gasteiger partial charge in [0.25, 0.3) is 23.6 Å². The predicted octanol–water partition coefficient (Wildman–Crippen LogP) is 0.360. The van der Waals surface area contributed by atoms with E-state index in [2.05, 4.69) is 10.6 Å². The largest absolute Gasteiger partial charge is 0.481 e. The Hall–Kier alpha value is -6.46. The Morgan fingerprint density at radius 1 is 0.692 bits per heavy atom. The van der Waals surface area contributed by atoms with Crippen molar-refractivity contribution in [3.8, 4) is 11.5 Å². The minimum absolute atomic E-state index is 0.0132. The van der Waals surface area contributed by atoms with E-state index < -0.39 is 90.1 Å². The number of carboxylic acid groups (broad SMARTS) is 1. The summed E-state index contributed by atoms with van der Waals surface area (Å²) in [5, 5.41) is 12.9. The van der Waals surface area contributed by atoms with E-state index in [1.807, 2.05) is 0 Å². The molecule has 0 aromatic heterocycles. The molecule has 2 aromatic rings. The third-order valence-electron chi connectivity index (χ3n) is 7.98. The van der Waals surface area contributed by atoms with Crippen molar-refractivity contribution in [3.63, 3.8) is 0 Å². The van der Waals surface area contributed by atoms with Crippen molar-refractivity contribution in [2.45, 2.75) is 64.1 Å². The first kappa shape index (κ1) is 36.8. The van der Waals surface area contributed by atoms with Crippen molar-refractivity contribution >= 4 is 59.2 Å². The number of rotatable bonds is 8. The molecule has 272 valence electrons. The van der Waals surface area contributed by atoms with Crippen molar-refractivity contribution in [2.75, 3.05) is 13.2 Å². The Bertz CT molecular complexity index is 1950. The van der Waals surface area contributed by atoms with Crippen molar-refractivity contribution in [2.24, 2.45) is 0 Å². The number of imide groups is 4. The van der Waals surface area contributed by atoms with Gasteiger partial charge in [0.05, 0.1) is 22.3 Å². The lowest BCUT2D eigenvalue weighted by atomic mass is 10.0. The Balaban J connectivity index is 0.000000203. The molecule has 18 heteroatoms. The molecule has 0 spiro atoms. The Labute approximate surface area is 294 Å². The summed E-state index contributed by atoms with van der Waals surface area (Å²) in [6.07, 6.45) is 0.156. The number of hydrogen-bond donors (Lipinski definition) is 3. The Kier molecular flexibility index (Phi) is 10.2. The van der Waals surface area contributed by atoms with Gasteiger partial charge in [-0.3, -0.25) is 58.8 Å². The minimum atomic E-state index is -1.23. The third-order valence-corrected chi connectivity index (χ3v) is 7.98. The molecule has 3 N–H and O–H groups in total. The highest BCUT2D eigenvalue weighted by molar-refractivity contribution is 6.25. The second-order valence-electron chi connectivity index (χ2n) is 12.8. The monoisotopic (exact) mass is 720 g/mol. The van der Waals surface area contributed by atoms with Crippen LogP contribution in [0.4, 0.5) is 0 Å². The molecule has 18 nitrogen and oxygen atoms in total. The number of carbonyl (C=O) groups excluding carboxylic acids is 9. The van der Waals surface area contributed by atoms with Gasteiger partial charge >= 0.3 is 11.9 Å². The molecule has 2 aromatic carbocycles. The van der Waals surface area contributed by atoms with Gasteiger partial charge in [0.2, 0.25) is 23.6 Å². The Morgan fingerprint density at radius 2 is 1.12 bits per heavy atom. The fraction of sp³-hybridized carbons (Fsp3) is 0.353. The third kappa shape index (κ3) is 7.49. The van der Waals surface area contributed by atoms with Crippen LogP contribution >= 0.6 is 0 Å². The van der Waals surface area contributed by atoms with Crippen LogP contribution in [0.15, 0.2) is 36.4 Å². The molecule has 0 radical (unpaired) electrons. The number of carbonyl (C=O) groups is 10. The molecule has 4 heterocycles. The van der Waals surface area contributed by atoms with Gasteiger partial charge in [0.15, 0.2) is 13.2 Å². The minimum Gasteiger partial charge on any atom is -0.481 e. The van der Waals surface area contributed by atoms with E-state index in [1.54, 1.807) is 20.8 Å². The van der Waals surface area contributed by atoms with Crippen LogP contribution in [0.1, 0.15) is 87.9 Å². The summed E-state index contributed by atoms with van der Waals surface area (Å²) in [6, 6.07) is 6.50. The number of amides is 8. The quantitative estimate of drug-likeness (QED) is 0.246. The number of carboxylic acids is 1. The molecule has 2 fully saturated rings. The summed E-state index contributed by atoms with van der Waals surface area (Å²) in [5.74, 6) is -6.91. The number of piperidine rings is 2. The molecular weight excluding hydrogens is 688 g/mol. The number of nitrogens with zero attached hydrogens (tertiary/aromatic N) is 2. The molecule has 4 aliphatic rings. The summed E-state index contributed by atoms with van der Waals surface area (Å²) < 4.78 is 15.6. The summed E-state index contributed by atoms with van der Waals surface area (Å²) in [4.78, 5) is 121. The molecule has 0 bridgehead atoms. The maximum atomic E-state index is 12.9. The van der Waals surface area contributed by atoms with E-state index in [0.717, 1.165) is 9.80 Å². The molecular formula is C34H32N4O14. The second-order valence-corrected chi connectivity index (χ2v) is 12.8. The average molecular weight is 721 g/mol. The zero-order chi connectivity index (χ0) is 38.1. The van der Waals surface area contributed by atoms with Crippen molar-refractivity contribution < 1.29 is 67.3 Å². The maximum absolute atomic E-state index is 12.9. The lowest BCUT2D eigenvalue weighted by molar-refractivity contribution is -0.157. The van der Waals surface area contributed by atoms with E-state index in [4.69, 9.17) is 19.3 Å². The molecule has 2 unspecified atom stereocenters. The second kappa shape index (κ2) is 14.4. The normalized spacial score (nSPS) is 19.7. The summed E-state index contributed by atoms with van der Waals surface area (Å²) in [7, 11) is 0. The molecule has 6 rings (SSSR count). The highest BCUT2D eigenvalue weighted by Crippen LogP contribution is 2.35. The summed E-state index contributed by atoms with van der Waals surface area (Å²) >= 11 is 0. The number of aliphatic carboxylic acids is 1. The van der Waals surface area contributed by atoms with Gasteiger partial charge < -0.3 is 19.3 Å². The van der Waals surface area contributed by atoms with E-state index in [0.29, 0.717) is 0 Å². The first-order valence-electron chi connectivity index (χ1n) is 15.9. The fourth-order valence-electron chi connectivity index (χ4n) is 5.86. The van der Waals surface area contributed by atoms with Gasteiger partial charge in [-0.15, -0.1) is 0 Å². The average Bonchev–Trinajstić information content (AvgIpc) is 3.47. The summed E-state index contributed by atoms with van der Waals surface area (Å²) in [6.45, 7) is 4.03. The zero-order valence-corrected chi connectivity index (χ0v) is 28.0. The molecule has 2 atom stereocenters. The highest BCUT2D eigenvalue weighted by atomic mass is 16.6. The van der Waals surface area contributed by atoms with E-state index in [1.165, 1.54) is 36.4 Å². The van der Waals surface area contributed by atoms with Crippen LogP contribution in [0.25, 0.3) is 0 Å². The van der Waals surface area contributed by atoms with Crippen molar-refractivity contribution in [1.29, 1.82) is 0 Å². The zero-order valence-electron chi connectivity index (χ0n) is 28.0. The van der Waals surface area contributed by atoms with Crippen LogP contribution in [-0.4, -0.2) is 105 Å². The molecule has 8 amide bonds. The van der Waals surface area contributed by atoms with Gasteiger partial charge in [0, 0.05) is 12.8 Å². The highest BCUT2D eigenvalue weighted by Gasteiger charge is 2.47. The van der Waals surface area contributed by atoms with Crippen LogP contribution in [0, 0.1) is 0 Å². The number of benzene rings is 2. The molecule has 2 saturated heterocycles. The van der Waals surface area contributed by atoms with Crippen LogP contribution in [0.5, 0.6) is 11.5 Å². The molecule has 0 aliphatic carbocycles. The first-order chi connectivity index (χ1) is 24.5. The number of ether oxygens (including phenoxy) is 3. The Morgan fingerprint density at radius 3 is 1.50 bits per heavy atom. The van der Waals surface area contributed by atoms with Gasteiger partial charge in [-0.25, -0.2) is 9.59 Å². The van der Waals surface area contributed by atoms with Crippen LogP contribution in [-0.2, 0) is 33.5 Å². The van der Waals surface area contributed by atoms with Crippen molar-refractivity contribution in [1.82, 2.24) is 20.4 Å². The predicted molar refractivity (Wildman–Crippen MR) is 171 cm³/mol. The maximum Gasteiger partial charge on any atom is 0.344 e. The first-order valence-corrected chi connectivity index (χ1v) is 15.9. The van der Waals surface area contributed by atoms with E-state index in [-0.39, 0.29) is 59.4 Å². The molecule has 0 saturated carbocycles. The van der Waals surface area contributed by atoms with Gasteiger partial charge in [-0.2, -0.15) is 0 Å².